The van der Waals surface area contributed by atoms with Gasteiger partial charge in [-0.2, -0.15) is 5.10 Å². The van der Waals surface area contributed by atoms with Gasteiger partial charge in [0.25, 0.3) is 0 Å². The molecule has 2 aromatic rings. The normalized spacial score (nSPS) is 10.6. The Labute approximate surface area is 113 Å². The van der Waals surface area contributed by atoms with Crippen molar-refractivity contribution >= 4 is 27.3 Å². The minimum absolute atomic E-state index is 0.359. The fraction of sp³-hybridized carbons (Fsp3) is 0.250. The Balaban J connectivity index is 1.96. The second-order valence-corrected chi connectivity index (χ2v) is 4.87. The summed E-state index contributed by atoms with van der Waals surface area (Å²) < 4.78 is 15.3. The fourth-order valence-electron chi connectivity index (χ4n) is 1.64. The maximum Gasteiger partial charge on any atom is 0.139 e. The number of aryl methyl sites for hydroxylation is 1. The molecular formula is C12H14BrFN4. The zero-order valence-electron chi connectivity index (χ0n) is 9.95. The summed E-state index contributed by atoms with van der Waals surface area (Å²) in [4.78, 5) is 0. The summed E-state index contributed by atoms with van der Waals surface area (Å²) in [5.74, 6) is -0.359. The van der Waals surface area contributed by atoms with Gasteiger partial charge in [0.05, 0.1) is 21.5 Å². The second kappa shape index (κ2) is 5.39. The molecule has 1 heterocycles. The van der Waals surface area contributed by atoms with Gasteiger partial charge in [-0.05, 0) is 28.1 Å². The molecule has 96 valence electrons. The highest BCUT2D eigenvalue weighted by Gasteiger charge is 2.05. The van der Waals surface area contributed by atoms with Gasteiger partial charge in [-0.25, -0.2) is 4.39 Å². The van der Waals surface area contributed by atoms with Crippen LogP contribution in [0.4, 0.5) is 15.8 Å². The van der Waals surface area contributed by atoms with Crippen LogP contribution in [0.3, 0.4) is 0 Å². The number of nitrogen functional groups attached to an aromatic ring is 1. The first kappa shape index (κ1) is 12.9. The number of aromatic nitrogens is 2. The van der Waals surface area contributed by atoms with E-state index in [0.29, 0.717) is 16.7 Å². The number of nitrogens with two attached hydrogens (primary N) is 1. The van der Waals surface area contributed by atoms with Crippen molar-refractivity contribution in [1.82, 2.24) is 9.78 Å². The zero-order chi connectivity index (χ0) is 13.1. The second-order valence-electron chi connectivity index (χ2n) is 4.01. The van der Waals surface area contributed by atoms with Crippen LogP contribution < -0.4 is 11.1 Å². The molecule has 0 amide bonds. The Hall–Kier alpha value is -1.56. The topological polar surface area (TPSA) is 55.9 Å². The van der Waals surface area contributed by atoms with Crippen molar-refractivity contribution < 1.29 is 4.39 Å². The van der Waals surface area contributed by atoms with Crippen LogP contribution in [0.2, 0.25) is 0 Å². The number of nitrogens with one attached hydrogen (secondary N) is 1. The lowest BCUT2D eigenvalue weighted by Gasteiger charge is -2.09. The number of hydrogen-bond acceptors (Lipinski definition) is 3. The average Bonchev–Trinajstić information content (AvgIpc) is 2.71. The van der Waals surface area contributed by atoms with Crippen molar-refractivity contribution in [3.63, 3.8) is 0 Å². The maximum absolute atomic E-state index is 13.2. The first-order chi connectivity index (χ1) is 8.56. The van der Waals surface area contributed by atoms with Crippen LogP contribution in [0.5, 0.6) is 0 Å². The lowest BCUT2D eigenvalue weighted by Crippen LogP contribution is -2.08. The third kappa shape index (κ3) is 3.01. The SMILES string of the molecule is Cn1ccc(CCNc2cc(Br)c(F)cc2N)n1. The van der Waals surface area contributed by atoms with E-state index in [2.05, 4.69) is 26.3 Å². The first-order valence-electron chi connectivity index (χ1n) is 5.53. The van der Waals surface area contributed by atoms with Crippen LogP contribution >= 0.6 is 15.9 Å². The summed E-state index contributed by atoms with van der Waals surface area (Å²) in [6.45, 7) is 0.694. The van der Waals surface area contributed by atoms with Crippen LogP contribution in [0.1, 0.15) is 5.69 Å². The lowest BCUT2D eigenvalue weighted by molar-refractivity contribution is 0.622. The number of rotatable bonds is 4. The van der Waals surface area contributed by atoms with Gasteiger partial charge in [0.2, 0.25) is 0 Å². The number of halogens is 2. The van der Waals surface area contributed by atoms with Crippen LogP contribution in [0.15, 0.2) is 28.9 Å². The minimum atomic E-state index is -0.359. The van der Waals surface area contributed by atoms with E-state index in [1.54, 1.807) is 10.7 Å². The van der Waals surface area contributed by atoms with Crippen LogP contribution in [-0.2, 0) is 13.5 Å². The van der Waals surface area contributed by atoms with E-state index in [1.807, 2.05) is 19.3 Å². The van der Waals surface area contributed by atoms with E-state index in [-0.39, 0.29) is 5.82 Å². The highest BCUT2D eigenvalue weighted by molar-refractivity contribution is 9.10. The van der Waals surface area contributed by atoms with Crippen molar-refractivity contribution in [1.29, 1.82) is 0 Å². The van der Waals surface area contributed by atoms with E-state index >= 15 is 0 Å². The van der Waals surface area contributed by atoms with Crippen LogP contribution in [-0.4, -0.2) is 16.3 Å². The zero-order valence-corrected chi connectivity index (χ0v) is 11.5. The molecule has 0 radical (unpaired) electrons. The molecule has 0 unspecified atom stereocenters. The fourth-order valence-corrected chi connectivity index (χ4v) is 1.98. The molecule has 0 bridgehead atoms. The molecule has 18 heavy (non-hydrogen) atoms. The van der Waals surface area contributed by atoms with Gasteiger partial charge in [-0.15, -0.1) is 0 Å². The van der Waals surface area contributed by atoms with Gasteiger partial charge >= 0.3 is 0 Å². The summed E-state index contributed by atoms with van der Waals surface area (Å²) in [7, 11) is 1.88. The van der Waals surface area contributed by atoms with E-state index in [0.717, 1.165) is 17.8 Å². The molecule has 0 fully saturated rings. The Morgan fingerprint density at radius 1 is 1.50 bits per heavy atom. The summed E-state index contributed by atoms with van der Waals surface area (Å²) in [6.07, 6.45) is 2.69. The predicted molar refractivity (Wildman–Crippen MR) is 73.9 cm³/mol. The molecule has 0 saturated heterocycles. The minimum Gasteiger partial charge on any atom is -0.397 e. The van der Waals surface area contributed by atoms with Crippen LogP contribution in [0.25, 0.3) is 0 Å². The van der Waals surface area contributed by atoms with Crippen molar-refractivity contribution in [2.24, 2.45) is 7.05 Å². The van der Waals surface area contributed by atoms with Gasteiger partial charge in [0, 0.05) is 32.3 Å². The quantitative estimate of drug-likeness (QED) is 0.853. The Morgan fingerprint density at radius 2 is 2.28 bits per heavy atom. The first-order valence-corrected chi connectivity index (χ1v) is 6.32. The molecule has 0 aliphatic carbocycles. The largest absolute Gasteiger partial charge is 0.397 e. The number of anilines is 2. The van der Waals surface area contributed by atoms with Gasteiger partial charge in [-0.3, -0.25) is 4.68 Å². The third-order valence-electron chi connectivity index (χ3n) is 2.56. The average molecular weight is 313 g/mol. The molecule has 0 aliphatic rings. The number of hydrogen-bond donors (Lipinski definition) is 2. The van der Waals surface area contributed by atoms with Gasteiger partial charge in [-0.1, -0.05) is 0 Å². The van der Waals surface area contributed by atoms with E-state index in [9.17, 15) is 4.39 Å². The molecule has 4 nitrogen and oxygen atoms in total. The van der Waals surface area contributed by atoms with Gasteiger partial charge in [0.1, 0.15) is 5.82 Å². The predicted octanol–water partition coefficient (Wildman–Crippen LogP) is 2.56. The number of benzene rings is 1. The molecule has 0 atom stereocenters. The highest BCUT2D eigenvalue weighted by atomic mass is 79.9. The van der Waals surface area contributed by atoms with Crippen molar-refractivity contribution in [3.05, 3.63) is 40.4 Å². The molecule has 0 saturated carbocycles. The van der Waals surface area contributed by atoms with Crippen LogP contribution in [0, 0.1) is 5.82 Å². The van der Waals surface area contributed by atoms with Gasteiger partial charge in [0.15, 0.2) is 0 Å². The van der Waals surface area contributed by atoms with E-state index < -0.39 is 0 Å². The summed E-state index contributed by atoms with van der Waals surface area (Å²) >= 11 is 3.13. The monoisotopic (exact) mass is 312 g/mol. The standard InChI is InChI=1S/C12H14BrFN4/c1-18-5-3-8(17-18)2-4-16-12-6-9(13)10(14)7-11(12)15/h3,5-7,16H,2,4,15H2,1H3. The molecule has 2 rings (SSSR count). The molecule has 1 aromatic heterocycles. The third-order valence-corrected chi connectivity index (χ3v) is 3.17. The lowest BCUT2D eigenvalue weighted by atomic mass is 10.2. The molecular weight excluding hydrogens is 299 g/mol. The molecule has 0 aliphatic heterocycles. The van der Waals surface area contributed by atoms with Gasteiger partial charge < -0.3 is 11.1 Å². The van der Waals surface area contributed by atoms with Crippen molar-refractivity contribution in [2.45, 2.75) is 6.42 Å². The molecule has 3 N–H and O–H groups in total. The Bertz CT molecular complexity index is 553. The Morgan fingerprint density at radius 3 is 2.94 bits per heavy atom. The summed E-state index contributed by atoms with van der Waals surface area (Å²) in [5, 5.41) is 7.44. The summed E-state index contributed by atoms with van der Waals surface area (Å²) in [6, 6.07) is 4.90. The maximum atomic E-state index is 13.2. The smallest absolute Gasteiger partial charge is 0.139 e. The Kier molecular flexibility index (Phi) is 3.86. The molecule has 1 aromatic carbocycles. The van der Waals surface area contributed by atoms with E-state index in [4.69, 9.17) is 5.73 Å². The van der Waals surface area contributed by atoms with Crippen molar-refractivity contribution in [2.75, 3.05) is 17.6 Å². The van der Waals surface area contributed by atoms with Crippen molar-refractivity contribution in [3.8, 4) is 0 Å². The molecule has 6 heteroatoms. The molecule has 0 spiro atoms. The summed E-state index contributed by atoms with van der Waals surface area (Å²) in [5.41, 5.74) is 7.86. The highest BCUT2D eigenvalue weighted by Crippen LogP contribution is 2.26. The number of nitrogens with zero attached hydrogens (tertiary/aromatic N) is 2. The van der Waals surface area contributed by atoms with E-state index in [1.165, 1.54) is 6.07 Å².